The Morgan fingerprint density at radius 3 is 1.85 bits per heavy atom. The Morgan fingerprint density at radius 1 is 0.950 bits per heavy atom. The molecular weight excluding hydrogens is 281 g/mol. The van der Waals surface area contributed by atoms with E-state index in [4.69, 9.17) is 0 Å². The molecule has 20 heavy (non-hydrogen) atoms. The molecule has 2 nitrogen and oxygen atoms in total. The predicted octanol–water partition coefficient (Wildman–Crippen LogP) is 4.32. The summed E-state index contributed by atoms with van der Waals surface area (Å²) in [6.45, 7) is 4.67. The number of benzene rings is 1. The molecule has 0 saturated carbocycles. The quantitative estimate of drug-likeness (QED) is 0.261. The van der Waals surface area contributed by atoms with Crippen LogP contribution in [0.3, 0.4) is 0 Å². The summed E-state index contributed by atoms with van der Waals surface area (Å²) in [5.74, 6) is -9.69. The van der Waals surface area contributed by atoms with E-state index >= 15 is 0 Å². The number of oxime groups is 1. The van der Waals surface area contributed by atoms with Crippen LogP contribution < -0.4 is 0 Å². The fourth-order valence-electron chi connectivity index (χ4n) is 1.61. The van der Waals surface area contributed by atoms with Crippen molar-refractivity contribution in [3.8, 4) is 0 Å². The molecule has 0 radical (unpaired) electrons. The summed E-state index contributed by atoms with van der Waals surface area (Å²) in [6.07, 6.45) is 0.594. The lowest BCUT2D eigenvalue weighted by Gasteiger charge is -2.08. The normalized spacial score (nSPS) is 12.2. The largest absolute Gasteiger partial charge is 0.391 e. The third-order valence-corrected chi connectivity index (χ3v) is 2.43. The van der Waals surface area contributed by atoms with Crippen molar-refractivity contribution in [3.05, 3.63) is 34.6 Å². The number of hydrogen-bond acceptors (Lipinski definition) is 2. The zero-order chi connectivity index (χ0) is 15.4. The fraction of sp³-hybridized carbons (Fsp3) is 0.462. The first-order valence-electron chi connectivity index (χ1n) is 5.91. The molecule has 1 aromatic rings. The zero-order valence-electron chi connectivity index (χ0n) is 11.2. The van der Waals surface area contributed by atoms with Crippen LogP contribution in [0, 0.1) is 35.0 Å². The van der Waals surface area contributed by atoms with Crippen molar-refractivity contribution in [2.24, 2.45) is 11.1 Å². The maximum Gasteiger partial charge on any atom is 0.200 e. The Balaban J connectivity index is 2.89. The topological polar surface area (TPSA) is 21.6 Å². The lowest BCUT2D eigenvalue weighted by Crippen LogP contribution is -2.08. The van der Waals surface area contributed by atoms with Crippen LogP contribution in [0.4, 0.5) is 22.0 Å². The number of rotatable bonds is 5. The van der Waals surface area contributed by atoms with E-state index in [1.165, 1.54) is 0 Å². The molecule has 0 fully saturated rings. The van der Waals surface area contributed by atoms with E-state index in [9.17, 15) is 22.0 Å². The lowest BCUT2D eigenvalue weighted by molar-refractivity contribution is 0.122. The van der Waals surface area contributed by atoms with Crippen LogP contribution in [-0.4, -0.2) is 5.71 Å². The van der Waals surface area contributed by atoms with Gasteiger partial charge in [-0.15, -0.1) is 0 Å². The number of halogens is 5. The van der Waals surface area contributed by atoms with Gasteiger partial charge in [0.15, 0.2) is 23.3 Å². The number of hydrogen-bond donors (Lipinski definition) is 0. The third-order valence-electron chi connectivity index (χ3n) is 2.43. The minimum absolute atomic E-state index is 0.302. The molecule has 0 aliphatic carbocycles. The Bertz CT molecular complexity index is 499. The minimum atomic E-state index is -2.19. The van der Waals surface area contributed by atoms with E-state index in [0.29, 0.717) is 18.1 Å². The van der Waals surface area contributed by atoms with E-state index in [2.05, 4.69) is 9.99 Å². The SMILES string of the molecule is C/C(CC(C)C)=N\OCc1c(F)c(F)c(F)c(F)c1F. The van der Waals surface area contributed by atoms with E-state index in [0.717, 1.165) is 0 Å². The Kier molecular flexibility index (Phi) is 5.47. The van der Waals surface area contributed by atoms with Gasteiger partial charge in [-0.1, -0.05) is 19.0 Å². The average molecular weight is 295 g/mol. The van der Waals surface area contributed by atoms with E-state index in [1.807, 2.05) is 13.8 Å². The molecule has 1 rings (SSSR count). The van der Waals surface area contributed by atoms with E-state index < -0.39 is 41.3 Å². The average Bonchev–Trinajstić information content (AvgIpc) is 2.37. The van der Waals surface area contributed by atoms with Crippen LogP contribution in [0.2, 0.25) is 0 Å². The van der Waals surface area contributed by atoms with Crippen molar-refractivity contribution in [3.63, 3.8) is 0 Å². The van der Waals surface area contributed by atoms with Crippen molar-refractivity contribution in [1.29, 1.82) is 0 Å². The van der Waals surface area contributed by atoms with Gasteiger partial charge in [-0.05, 0) is 19.3 Å². The van der Waals surface area contributed by atoms with Gasteiger partial charge in [0, 0.05) is 0 Å². The molecule has 0 aliphatic rings. The number of nitrogens with zero attached hydrogens (tertiary/aromatic N) is 1. The molecular formula is C13H14F5NO. The second kappa shape index (κ2) is 6.67. The molecule has 0 aliphatic heterocycles. The van der Waals surface area contributed by atoms with Gasteiger partial charge >= 0.3 is 0 Å². The minimum Gasteiger partial charge on any atom is -0.391 e. The van der Waals surface area contributed by atoms with E-state index in [1.54, 1.807) is 6.92 Å². The van der Waals surface area contributed by atoms with Crippen LogP contribution in [0.5, 0.6) is 0 Å². The lowest BCUT2D eigenvalue weighted by atomic mass is 10.1. The van der Waals surface area contributed by atoms with Crippen LogP contribution >= 0.6 is 0 Å². The van der Waals surface area contributed by atoms with Crippen LogP contribution in [0.1, 0.15) is 32.8 Å². The van der Waals surface area contributed by atoms with Gasteiger partial charge in [-0.2, -0.15) is 0 Å². The molecule has 0 atom stereocenters. The highest BCUT2D eigenvalue weighted by atomic mass is 19.2. The molecule has 0 heterocycles. The molecule has 0 unspecified atom stereocenters. The van der Waals surface area contributed by atoms with Gasteiger partial charge in [-0.25, -0.2) is 22.0 Å². The molecule has 0 bridgehead atoms. The maximum atomic E-state index is 13.3. The molecule has 0 saturated heterocycles. The van der Waals surface area contributed by atoms with Crippen molar-refractivity contribution in [2.75, 3.05) is 0 Å². The summed E-state index contributed by atoms with van der Waals surface area (Å²) < 4.78 is 65.2. The molecule has 0 aromatic heterocycles. The molecule has 0 spiro atoms. The second-order valence-electron chi connectivity index (χ2n) is 4.75. The van der Waals surface area contributed by atoms with Gasteiger partial charge < -0.3 is 4.84 Å². The molecule has 1 aromatic carbocycles. The standard InChI is InChI=1S/C13H14F5NO/c1-6(2)4-7(3)19-20-5-8-9(14)11(16)13(18)12(17)10(8)15/h6H,4-5H2,1-3H3/b19-7+. The van der Waals surface area contributed by atoms with E-state index in [-0.39, 0.29) is 0 Å². The molecule has 0 amide bonds. The first-order valence-corrected chi connectivity index (χ1v) is 5.91. The smallest absolute Gasteiger partial charge is 0.200 e. The first kappa shape index (κ1) is 16.4. The van der Waals surface area contributed by atoms with Gasteiger partial charge in [0.2, 0.25) is 5.82 Å². The van der Waals surface area contributed by atoms with Gasteiger partial charge in [-0.3, -0.25) is 0 Å². The van der Waals surface area contributed by atoms with Crippen molar-refractivity contribution in [1.82, 2.24) is 0 Å². The summed E-state index contributed by atoms with van der Waals surface area (Å²) in [5, 5.41) is 3.57. The summed E-state index contributed by atoms with van der Waals surface area (Å²) in [7, 11) is 0. The summed E-state index contributed by atoms with van der Waals surface area (Å²) >= 11 is 0. The maximum absolute atomic E-state index is 13.3. The molecule has 7 heteroatoms. The highest BCUT2D eigenvalue weighted by Crippen LogP contribution is 2.23. The molecule has 112 valence electrons. The summed E-state index contributed by atoms with van der Waals surface area (Å²) in [5.41, 5.74) is -0.480. The zero-order valence-corrected chi connectivity index (χ0v) is 11.2. The van der Waals surface area contributed by atoms with Crippen molar-refractivity contribution >= 4 is 5.71 Å². The summed E-state index contributed by atoms with van der Waals surface area (Å²) in [6, 6.07) is 0. The van der Waals surface area contributed by atoms with Gasteiger partial charge in [0.25, 0.3) is 0 Å². The first-order chi connectivity index (χ1) is 9.25. The van der Waals surface area contributed by atoms with Crippen LogP contribution in [-0.2, 0) is 11.4 Å². The Labute approximate surface area is 113 Å². The Morgan fingerprint density at radius 2 is 1.40 bits per heavy atom. The van der Waals surface area contributed by atoms with Crippen molar-refractivity contribution in [2.45, 2.75) is 33.8 Å². The highest BCUT2D eigenvalue weighted by Gasteiger charge is 2.25. The third kappa shape index (κ3) is 3.68. The highest BCUT2D eigenvalue weighted by molar-refractivity contribution is 5.81. The molecule has 0 N–H and O–H groups in total. The van der Waals surface area contributed by atoms with Crippen LogP contribution in [0.25, 0.3) is 0 Å². The van der Waals surface area contributed by atoms with Gasteiger partial charge in [0.05, 0.1) is 11.3 Å². The Hall–Kier alpha value is -1.66. The van der Waals surface area contributed by atoms with Crippen LogP contribution in [0.15, 0.2) is 5.16 Å². The van der Waals surface area contributed by atoms with Crippen molar-refractivity contribution < 1.29 is 26.8 Å². The monoisotopic (exact) mass is 295 g/mol. The predicted molar refractivity (Wildman–Crippen MR) is 63.6 cm³/mol. The fourth-order valence-corrected chi connectivity index (χ4v) is 1.61. The summed E-state index contributed by atoms with van der Waals surface area (Å²) in [4.78, 5) is 4.65. The van der Waals surface area contributed by atoms with Gasteiger partial charge in [0.1, 0.15) is 6.61 Å². The second-order valence-corrected chi connectivity index (χ2v) is 4.75.